The molecule has 0 radical (unpaired) electrons. The third-order valence-electron chi connectivity index (χ3n) is 1.09. The molecule has 0 saturated heterocycles. The number of nitrogens with one attached hydrogen (secondary N) is 1. The SMILES string of the molecule is O=c1ccc(CBr)c(Br)[nH]1. The zero-order valence-corrected chi connectivity index (χ0v) is 8.20. The number of H-pyrrole nitrogens is 1. The maximum Gasteiger partial charge on any atom is 0.248 e. The number of hydrogen-bond acceptors (Lipinski definition) is 1. The number of hydrogen-bond donors (Lipinski definition) is 1. The summed E-state index contributed by atoms with van der Waals surface area (Å²) in [5, 5.41) is 0.740. The van der Waals surface area contributed by atoms with E-state index < -0.39 is 0 Å². The van der Waals surface area contributed by atoms with Gasteiger partial charge in [-0.05, 0) is 21.5 Å². The highest BCUT2D eigenvalue weighted by Gasteiger charge is 1.96. The molecule has 2 nitrogen and oxygen atoms in total. The first-order valence-corrected chi connectivity index (χ1v) is 4.59. The molecule has 10 heavy (non-hydrogen) atoms. The highest BCUT2D eigenvalue weighted by molar-refractivity contribution is 9.10. The normalized spacial score (nSPS) is 9.80. The Morgan fingerprint density at radius 2 is 2.20 bits per heavy atom. The quantitative estimate of drug-likeness (QED) is 0.612. The van der Waals surface area contributed by atoms with Gasteiger partial charge in [-0.2, -0.15) is 0 Å². The lowest BCUT2D eigenvalue weighted by atomic mass is 10.3. The Morgan fingerprint density at radius 1 is 1.50 bits per heavy atom. The standard InChI is InChI=1S/C6H5Br2NO/c7-3-4-1-2-5(10)9-6(4)8/h1-2H,3H2,(H,9,10). The second kappa shape index (κ2) is 3.34. The Bertz CT molecular complexity index is 281. The summed E-state index contributed by atoms with van der Waals surface area (Å²) in [5.74, 6) is 0. The molecule has 1 rings (SSSR count). The van der Waals surface area contributed by atoms with Crippen molar-refractivity contribution in [3.8, 4) is 0 Å². The molecular formula is C6H5Br2NO. The van der Waals surface area contributed by atoms with Crippen LogP contribution in [0.2, 0.25) is 0 Å². The van der Waals surface area contributed by atoms with Crippen molar-refractivity contribution in [2.45, 2.75) is 5.33 Å². The summed E-state index contributed by atoms with van der Waals surface area (Å²) in [4.78, 5) is 13.3. The lowest BCUT2D eigenvalue weighted by Gasteiger charge is -1.95. The summed E-state index contributed by atoms with van der Waals surface area (Å²) in [6, 6.07) is 3.28. The van der Waals surface area contributed by atoms with E-state index in [1.807, 2.05) is 0 Å². The molecule has 0 bridgehead atoms. The van der Waals surface area contributed by atoms with Gasteiger partial charge < -0.3 is 4.98 Å². The Hall–Kier alpha value is -0.0900. The zero-order chi connectivity index (χ0) is 7.56. The van der Waals surface area contributed by atoms with E-state index in [0.29, 0.717) is 0 Å². The van der Waals surface area contributed by atoms with Gasteiger partial charge in [-0.15, -0.1) is 0 Å². The van der Waals surface area contributed by atoms with Gasteiger partial charge in [0.25, 0.3) is 0 Å². The fourth-order valence-electron chi connectivity index (χ4n) is 0.583. The van der Waals surface area contributed by atoms with Crippen LogP contribution in [0.15, 0.2) is 21.5 Å². The van der Waals surface area contributed by atoms with Gasteiger partial charge >= 0.3 is 0 Å². The van der Waals surface area contributed by atoms with Crippen molar-refractivity contribution in [2.75, 3.05) is 0 Å². The van der Waals surface area contributed by atoms with Gasteiger partial charge in [0.15, 0.2) is 0 Å². The monoisotopic (exact) mass is 265 g/mol. The molecule has 0 unspecified atom stereocenters. The molecule has 54 valence electrons. The molecule has 4 heteroatoms. The first kappa shape index (κ1) is 8.01. The van der Waals surface area contributed by atoms with Crippen molar-refractivity contribution in [3.63, 3.8) is 0 Å². The van der Waals surface area contributed by atoms with Crippen LogP contribution in [0.3, 0.4) is 0 Å². The van der Waals surface area contributed by atoms with E-state index in [0.717, 1.165) is 15.5 Å². The number of alkyl halides is 1. The lowest BCUT2D eigenvalue weighted by molar-refractivity contribution is 1.15. The molecule has 1 heterocycles. The Morgan fingerprint density at radius 3 is 2.70 bits per heavy atom. The van der Waals surface area contributed by atoms with E-state index >= 15 is 0 Å². The summed E-state index contributed by atoms with van der Waals surface area (Å²) >= 11 is 6.50. The van der Waals surface area contributed by atoms with E-state index in [2.05, 4.69) is 36.8 Å². The Balaban J connectivity index is 3.19. The van der Waals surface area contributed by atoms with Crippen LogP contribution < -0.4 is 5.56 Å². The molecule has 0 aliphatic rings. The molecule has 0 aliphatic carbocycles. The van der Waals surface area contributed by atoms with E-state index in [9.17, 15) is 4.79 Å². The topological polar surface area (TPSA) is 32.9 Å². The molecule has 0 atom stereocenters. The molecule has 0 amide bonds. The fourth-order valence-corrected chi connectivity index (χ4v) is 1.89. The van der Waals surface area contributed by atoms with Crippen LogP contribution in [-0.4, -0.2) is 4.98 Å². The van der Waals surface area contributed by atoms with Crippen LogP contribution in [0, 0.1) is 0 Å². The molecule has 1 aromatic heterocycles. The number of aromatic nitrogens is 1. The van der Waals surface area contributed by atoms with Crippen molar-refractivity contribution < 1.29 is 0 Å². The summed E-state index contributed by atoms with van der Waals surface area (Å²) in [6.45, 7) is 0. The second-order valence-electron chi connectivity index (χ2n) is 1.80. The van der Waals surface area contributed by atoms with Gasteiger partial charge in [0, 0.05) is 11.4 Å². The van der Waals surface area contributed by atoms with E-state index in [1.165, 1.54) is 6.07 Å². The highest BCUT2D eigenvalue weighted by atomic mass is 79.9. The van der Waals surface area contributed by atoms with Gasteiger partial charge in [-0.1, -0.05) is 22.0 Å². The minimum Gasteiger partial charge on any atom is -0.316 e. The van der Waals surface area contributed by atoms with Crippen LogP contribution in [0.5, 0.6) is 0 Å². The van der Waals surface area contributed by atoms with E-state index in [4.69, 9.17) is 0 Å². The first-order chi connectivity index (χ1) is 4.74. The molecule has 0 aromatic carbocycles. The number of halogens is 2. The zero-order valence-electron chi connectivity index (χ0n) is 5.03. The van der Waals surface area contributed by atoms with E-state index in [1.54, 1.807) is 6.07 Å². The number of aromatic amines is 1. The predicted octanol–water partition coefficient (Wildman–Crippen LogP) is 2.03. The Kier molecular flexibility index (Phi) is 2.68. The van der Waals surface area contributed by atoms with Crippen LogP contribution >= 0.6 is 31.9 Å². The molecule has 0 saturated carbocycles. The van der Waals surface area contributed by atoms with Crippen LogP contribution in [0.4, 0.5) is 0 Å². The maximum absolute atomic E-state index is 10.7. The average molecular weight is 267 g/mol. The molecule has 0 spiro atoms. The second-order valence-corrected chi connectivity index (χ2v) is 3.15. The smallest absolute Gasteiger partial charge is 0.248 e. The molecule has 0 fully saturated rings. The summed E-state index contributed by atoms with van der Waals surface area (Å²) in [5.41, 5.74) is 0.955. The number of pyridine rings is 1. The average Bonchev–Trinajstić information content (AvgIpc) is 1.88. The molecular weight excluding hydrogens is 262 g/mol. The van der Waals surface area contributed by atoms with Crippen LogP contribution in [0.25, 0.3) is 0 Å². The van der Waals surface area contributed by atoms with E-state index in [-0.39, 0.29) is 5.56 Å². The summed E-state index contributed by atoms with van der Waals surface area (Å²) in [6.07, 6.45) is 0. The van der Waals surface area contributed by atoms with Gasteiger partial charge in [-0.25, -0.2) is 0 Å². The maximum atomic E-state index is 10.7. The van der Waals surface area contributed by atoms with Crippen LogP contribution in [0.1, 0.15) is 5.56 Å². The third-order valence-corrected chi connectivity index (χ3v) is 2.41. The molecule has 1 aromatic rings. The van der Waals surface area contributed by atoms with Crippen molar-refractivity contribution in [1.82, 2.24) is 4.98 Å². The minimum absolute atomic E-state index is 0.0865. The van der Waals surface area contributed by atoms with Gasteiger partial charge in [0.2, 0.25) is 5.56 Å². The molecule has 1 N–H and O–H groups in total. The lowest BCUT2D eigenvalue weighted by Crippen LogP contribution is -2.04. The van der Waals surface area contributed by atoms with Crippen molar-refractivity contribution in [3.05, 3.63) is 32.7 Å². The fraction of sp³-hybridized carbons (Fsp3) is 0.167. The van der Waals surface area contributed by atoms with Crippen molar-refractivity contribution >= 4 is 31.9 Å². The number of rotatable bonds is 1. The predicted molar refractivity (Wildman–Crippen MR) is 47.4 cm³/mol. The van der Waals surface area contributed by atoms with Crippen molar-refractivity contribution in [1.29, 1.82) is 0 Å². The van der Waals surface area contributed by atoms with Crippen molar-refractivity contribution in [2.24, 2.45) is 0 Å². The van der Waals surface area contributed by atoms with Crippen LogP contribution in [-0.2, 0) is 5.33 Å². The minimum atomic E-state index is -0.0865. The molecule has 0 aliphatic heterocycles. The van der Waals surface area contributed by atoms with Gasteiger partial charge in [0.1, 0.15) is 0 Å². The van der Waals surface area contributed by atoms with Gasteiger partial charge in [-0.3, -0.25) is 4.79 Å². The largest absolute Gasteiger partial charge is 0.316 e. The first-order valence-electron chi connectivity index (χ1n) is 2.67. The third kappa shape index (κ3) is 1.70. The van der Waals surface area contributed by atoms with Gasteiger partial charge in [0.05, 0.1) is 4.60 Å². The Labute approximate surface area is 74.9 Å². The summed E-state index contributed by atoms with van der Waals surface area (Å²) in [7, 11) is 0. The summed E-state index contributed by atoms with van der Waals surface area (Å²) < 4.78 is 0.747. The highest BCUT2D eigenvalue weighted by Crippen LogP contribution is 2.13.